The summed E-state index contributed by atoms with van der Waals surface area (Å²) in [5.74, 6) is -1.22. The fourth-order valence-corrected chi connectivity index (χ4v) is 1.27. The predicted molar refractivity (Wildman–Crippen MR) is 59.9 cm³/mol. The van der Waals surface area contributed by atoms with Crippen LogP contribution in [-0.4, -0.2) is 37.9 Å². The molecule has 0 heterocycles. The molecule has 0 bridgehead atoms. The summed E-state index contributed by atoms with van der Waals surface area (Å²) in [4.78, 5) is 10.9. The lowest BCUT2D eigenvalue weighted by Gasteiger charge is -2.15. The maximum atomic E-state index is 13.4. The number of carboxylic acids is 1. The number of rotatable bonds is 6. The first-order valence-corrected chi connectivity index (χ1v) is 4.90. The molecule has 0 saturated carbocycles. The topological polar surface area (TPSA) is 67.8 Å². The van der Waals surface area contributed by atoms with E-state index in [1.165, 1.54) is 32.4 Å². The van der Waals surface area contributed by atoms with Gasteiger partial charge in [-0.3, -0.25) is 0 Å². The molecule has 2 N–H and O–H groups in total. The minimum Gasteiger partial charge on any atom is -0.497 e. The summed E-state index contributed by atoms with van der Waals surface area (Å²) in [5, 5.41) is 11.4. The van der Waals surface area contributed by atoms with E-state index >= 15 is 0 Å². The Morgan fingerprint density at radius 2 is 2.24 bits per heavy atom. The normalized spacial score (nSPS) is 11.9. The molecule has 0 aliphatic heterocycles. The van der Waals surface area contributed by atoms with E-state index in [2.05, 4.69) is 5.32 Å². The third-order valence-electron chi connectivity index (χ3n) is 2.13. The Hall–Kier alpha value is -1.82. The zero-order valence-corrected chi connectivity index (χ0v) is 9.57. The number of methoxy groups -OCH3 is 2. The van der Waals surface area contributed by atoms with Crippen LogP contribution in [0, 0.1) is 5.82 Å². The molecule has 1 aromatic rings. The second-order valence-corrected chi connectivity index (χ2v) is 3.34. The van der Waals surface area contributed by atoms with Crippen molar-refractivity contribution in [2.75, 3.05) is 26.1 Å². The van der Waals surface area contributed by atoms with Crippen LogP contribution < -0.4 is 10.1 Å². The average Bonchev–Trinajstić information content (AvgIpc) is 2.31. The number of halogens is 1. The number of aliphatic carboxylic acids is 1. The average molecular weight is 243 g/mol. The first-order valence-electron chi connectivity index (χ1n) is 4.90. The molecule has 5 nitrogen and oxygen atoms in total. The maximum Gasteiger partial charge on any atom is 0.328 e. The van der Waals surface area contributed by atoms with Gasteiger partial charge in [0.2, 0.25) is 0 Å². The summed E-state index contributed by atoms with van der Waals surface area (Å²) in [6.45, 7) is -0.0635. The molecule has 0 fully saturated rings. The van der Waals surface area contributed by atoms with Gasteiger partial charge in [-0.25, -0.2) is 9.18 Å². The highest BCUT2D eigenvalue weighted by Gasteiger charge is 2.18. The highest BCUT2D eigenvalue weighted by molar-refractivity contribution is 5.77. The molecule has 0 radical (unpaired) electrons. The number of hydrogen-bond acceptors (Lipinski definition) is 4. The summed E-state index contributed by atoms with van der Waals surface area (Å²) < 4.78 is 23.1. The van der Waals surface area contributed by atoms with Gasteiger partial charge in [-0.1, -0.05) is 0 Å². The van der Waals surface area contributed by atoms with Crippen molar-refractivity contribution in [1.29, 1.82) is 0 Å². The number of ether oxygens (including phenoxy) is 2. The fourth-order valence-electron chi connectivity index (χ4n) is 1.27. The molecule has 1 aromatic carbocycles. The SMILES string of the molecule is COCC(Nc1cc(OC)ccc1F)C(=O)O. The Bertz CT molecular complexity index is 397. The van der Waals surface area contributed by atoms with Crippen LogP contribution in [0.1, 0.15) is 0 Å². The number of carbonyl (C=O) groups is 1. The highest BCUT2D eigenvalue weighted by Crippen LogP contribution is 2.21. The predicted octanol–water partition coefficient (Wildman–Crippen LogP) is 1.35. The van der Waals surface area contributed by atoms with Gasteiger partial charge in [-0.05, 0) is 12.1 Å². The lowest BCUT2D eigenvalue weighted by molar-refractivity contribution is -0.139. The Morgan fingerprint density at radius 3 is 2.76 bits per heavy atom. The number of benzene rings is 1. The molecular formula is C11H14FNO4. The monoisotopic (exact) mass is 243 g/mol. The molecule has 1 rings (SSSR count). The second kappa shape index (κ2) is 6.05. The first-order chi connectivity index (χ1) is 8.08. The van der Waals surface area contributed by atoms with Crippen molar-refractivity contribution in [2.24, 2.45) is 0 Å². The molecule has 0 saturated heterocycles. The van der Waals surface area contributed by atoms with Gasteiger partial charge in [0.1, 0.15) is 17.6 Å². The van der Waals surface area contributed by atoms with Gasteiger partial charge in [0, 0.05) is 13.2 Å². The molecule has 1 unspecified atom stereocenters. The molecule has 0 amide bonds. The summed E-state index contributed by atoms with van der Waals surface area (Å²) >= 11 is 0. The molecule has 0 aromatic heterocycles. The summed E-state index contributed by atoms with van der Waals surface area (Å²) in [6, 6.07) is 3.03. The minimum atomic E-state index is -1.12. The summed E-state index contributed by atoms with van der Waals surface area (Å²) in [7, 11) is 2.82. The lowest BCUT2D eigenvalue weighted by atomic mass is 10.2. The van der Waals surface area contributed by atoms with Crippen LogP contribution in [0.3, 0.4) is 0 Å². The van der Waals surface area contributed by atoms with Gasteiger partial charge in [0.25, 0.3) is 0 Å². The van der Waals surface area contributed by atoms with Crippen molar-refractivity contribution in [3.63, 3.8) is 0 Å². The molecular weight excluding hydrogens is 229 g/mol. The van der Waals surface area contributed by atoms with Gasteiger partial charge in [0.05, 0.1) is 19.4 Å². The van der Waals surface area contributed by atoms with E-state index in [1.807, 2.05) is 0 Å². The van der Waals surface area contributed by atoms with Crippen molar-refractivity contribution >= 4 is 11.7 Å². The largest absolute Gasteiger partial charge is 0.497 e. The molecule has 1 atom stereocenters. The summed E-state index contributed by atoms with van der Waals surface area (Å²) in [5.41, 5.74) is 0.0637. The van der Waals surface area contributed by atoms with E-state index in [9.17, 15) is 9.18 Å². The highest BCUT2D eigenvalue weighted by atomic mass is 19.1. The maximum absolute atomic E-state index is 13.4. The molecule has 0 spiro atoms. The zero-order chi connectivity index (χ0) is 12.8. The Kier molecular flexibility index (Phi) is 4.71. The van der Waals surface area contributed by atoms with Crippen LogP contribution in [0.15, 0.2) is 18.2 Å². The van der Waals surface area contributed by atoms with Gasteiger partial charge in [0.15, 0.2) is 0 Å². The Balaban J connectivity index is 2.87. The third-order valence-corrected chi connectivity index (χ3v) is 2.13. The van der Waals surface area contributed by atoms with Crippen LogP contribution >= 0.6 is 0 Å². The van der Waals surface area contributed by atoms with Crippen molar-refractivity contribution in [3.8, 4) is 5.75 Å². The van der Waals surface area contributed by atoms with Gasteiger partial charge in [-0.2, -0.15) is 0 Å². The number of carboxylic acid groups (broad SMARTS) is 1. The van der Waals surface area contributed by atoms with Gasteiger partial charge < -0.3 is 19.9 Å². The molecule has 6 heteroatoms. The zero-order valence-electron chi connectivity index (χ0n) is 9.57. The lowest BCUT2D eigenvalue weighted by Crippen LogP contribution is -2.33. The molecule has 0 aliphatic rings. The van der Waals surface area contributed by atoms with Crippen LogP contribution in [0.5, 0.6) is 5.75 Å². The van der Waals surface area contributed by atoms with Gasteiger partial charge in [-0.15, -0.1) is 0 Å². The first kappa shape index (κ1) is 13.2. The van der Waals surface area contributed by atoms with Crippen molar-refractivity contribution in [1.82, 2.24) is 0 Å². The van der Waals surface area contributed by atoms with E-state index in [0.29, 0.717) is 5.75 Å². The van der Waals surface area contributed by atoms with Crippen LogP contribution in [0.2, 0.25) is 0 Å². The number of hydrogen-bond donors (Lipinski definition) is 2. The van der Waals surface area contributed by atoms with E-state index in [1.54, 1.807) is 0 Å². The minimum absolute atomic E-state index is 0.0635. The van der Waals surface area contributed by atoms with E-state index < -0.39 is 17.8 Å². The quantitative estimate of drug-likeness (QED) is 0.789. The standard InChI is InChI=1S/C11H14FNO4/c1-16-6-10(11(14)15)13-9-5-7(17-2)3-4-8(9)12/h3-5,10,13H,6H2,1-2H3,(H,14,15). The number of anilines is 1. The van der Waals surface area contributed by atoms with Crippen LogP contribution in [0.25, 0.3) is 0 Å². The van der Waals surface area contributed by atoms with Crippen molar-refractivity contribution in [3.05, 3.63) is 24.0 Å². The van der Waals surface area contributed by atoms with E-state index in [0.717, 1.165) is 0 Å². The Labute approximate surface area is 98.2 Å². The van der Waals surface area contributed by atoms with Gasteiger partial charge >= 0.3 is 5.97 Å². The van der Waals surface area contributed by atoms with E-state index in [4.69, 9.17) is 14.6 Å². The Morgan fingerprint density at radius 1 is 1.53 bits per heavy atom. The van der Waals surface area contributed by atoms with Crippen LogP contribution in [0.4, 0.5) is 10.1 Å². The fraction of sp³-hybridized carbons (Fsp3) is 0.364. The third kappa shape index (κ3) is 3.60. The van der Waals surface area contributed by atoms with E-state index in [-0.39, 0.29) is 12.3 Å². The number of nitrogens with one attached hydrogen (secondary N) is 1. The van der Waals surface area contributed by atoms with Crippen molar-refractivity contribution in [2.45, 2.75) is 6.04 Å². The second-order valence-electron chi connectivity index (χ2n) is 3.34. The molecule has 0 aliphatic carbocycles. The molecule has 94 valence electrons. The van der Waals surface area contributed by atoms with Crippen molar-refractivity contribution < 1.29 is 23.8 Å². The summed E-state index contributed by atoms with van der Waals surface area (Å²) in [6.07, 6.45) is 0. The molecule has 17 heavy (non-hydrogen) atoms. The smallest absolute Gasteiger partial charge is 0.328 e. The van der Waals surface area contributed by atoms with Crippen LogP contribution in [-0.2, 0) is 9.53 Å².